The summed E-state index contributed by atoms with van der Waals surface area (Å²) in [5.74, 6) is -4.48. The number of nitrogens with zero attached hydrogens (tertiary/aromatic N) is 3. The van der Waals surface area contributed by atoms with Crippen molar-refractivity contribution in [1.29, 1.82) is 0 Å². The summed E-state index contributed by atoms with van der Waals surface area (Å²) >= 11 is 0. The highest BCUT2D eigenvalue weighted by atomic mass is 19.4. The van der Waals surface area contributed by atoms with E-state index in [4.69, 9.17) is 29.0 Å². The average molecular weight is 555 g/mol. The number of aromatic nitrogens is 1. The predicted octanol–water partition coefficient (Wildman–Crippen LogP) is 3.81. The number of halogens is 6. The number of likely N-dealkylation sites (N-methyl/N-ethyl adjacent to an activating group) is 1. The first kappa shape index (κ1) is 31.1. The quantitative estimate of drug-likeness (QED) is 0.532. The first-order chi connectivity index (χ1) is 17.7. The maximum Gasteiger partial charge on any atom is 0.490 e. The van der Waals surface area contributed by atoms with E-state index in [-0.39, 0.29) is 6.10 Å². The lowest BCUT2D eigenvalue weighted by Crippen LogP contribution is -2.46. The van der Waals surface area contributed by atoms with Gasteiger partial charge in [-0.05, 0) is 43.7 Å². The van der Waals surface area contributed by atoms with Gasteiger partial charge in [0.1, 0.15) is 5.76 Å². The van der Waals surface area contributed by atoms with E-state index in [1.165, 1.54) is 12.0 Å². The van der Waals surface area contributed by atoms with E-state index in [9.17, 15) is 26.3 Å². The van der Waals surface area contributed by atoms with Crippen LogP contribution in [0.25, 0.3) is 0 Å². The minimum Gasteiger partial charge on any atom is -0.475 e. The second kappa shape index (κ2) is 13.6. The number of fused-ring (bicyclic) bond motifs is 1. The van der Waals surface area contributed by atoms with E-state index in [0.717, 1.165) is 38.4 Å². The van der Waals surface area contributed by atoms with Crippen molar-refractivity contribution >= 4 is 11.9 Å². The third-order valence-electron chi connectivity index (χ3n) is 5.75. The van der Waals surface area contributed by atoms with Crippen LogP contribution in [0.5, 0.6) is 0 Å². The van der Waals surface area contributed by atoms with E-state index in [1.807, 2.05) is 24.5 Å². The van der Waals surface area contributed by atoms with Gasteiger partial charge in [-0.25, -0.2) is 9.59 Å². The molecule has 0 radical (unpaired) electrons. The molecular formula is C23H27F6N3O6. The highest BCUT2D eigenvalue weighted by Crippen LogP contribution is 2.33. The molecule has 0 aliphatic carbocycles. The summed E-state index contributed by atoms with van der Waals surface area (Å²) in [6.07, 6.45) is -1.99. The van der Waals surface area contributed by atoms with E-state index in [1.54, 1.807) is 6.26 Å². The first-order valence-electron chi connectivity index (χ1n) is 11.3. The zero-order valence-electron chi connectivity index (χ0n) is 20.2. The number of hydrogen-bond acceptors (Lipinski definition) is 7. The third kappa shape index (κ3) is 9.61. The minimum atomic E-state index is -5.08. The molecule has 0 bridgehead atoms. The fourth-order valence-electron chi connectivity index (χ4n) is 4.10. The van der Waals surface area contributed by atoms with Crippen LogP contribution in [0.15, 0.2) is 47.3 Å². The number of ether oxygens (including phenoxy) is 1. The Balaban J connectivity index is 0.000000301. The third-order valence-corrected chi connectivity index (χ3v) is 5.75. The van der Waals surface area contributed by atoms with Crippen LogP contribution < -0.4 is 0 Å². The van der Waals surface area contributed by atoms with Crippen LogP contribution in [-0.4, -0.2) is 87.7 Å². The Morgan fingerprint density at radius 3 is 2.24 bits per heavy atom. The van der Waals surface area contributed by atoms with Gasteiger partial charge in [-0.15, -0.1) is 0 Å². The van der Waals surface area contributed by atoms with Crippen molar-refractivity contribution in [1.82, 2.24) is 14.8 Å². The molecule has 2 aromatic rings. The summed E-state index contributed by atoms with van der Waals surface area (Å²) in [6, 6.07) is 9.06. The Morgan fingerprint density at radius 2 is 1.74 bits per heavy atom. The molecule has 38 heavy (non-hydrogen) atoms. The molecule has 3 atom stereocenters. The number of aliphatic carboxylic acids is 2. The monoisotopic (exact) mass is 555 g/mol. The zero-order valence-corrected chi connectivity index (χ0v) is 20.2. The largest absolute Gasteiger partial charge is 0.490 e. The molecule has 2 N–H and O–H groups in total. The normalized spacial score (nSPS) is 21.5. The van der Waals surface area contributed by atoms with Crippen LogP contribution in [0.3, 0.4) is 0 Å². The summed E-state index contributed by atoms with van der Waals surface area (Å²) in [5.41, 5.74) is 1.25. The Morgan fingerprint density at radius 1 is 1.11 bits per heavy atom. The molecule has 0 spiro atoms. The molecule has 0 amide bonds. The number of furan rings is 1. The highest BCUT2D eigenvalue weighted by Gasteiger charge is 2.45. The summed E-state index contributed by atoms with van der Waals surface area (Å²) in [6.45, 7) is 3.67. The Bertz CT molecular complexity index is 979. The molecule has 4 rings (SSSR count). The van der Waals surface area contributed by atoms with E-state index in [2.05, 4.69) is 34.0 Å². The van der Waals surface area contributed by atoms with Crippen LogP contribution in [0.4, 0.5) is 26.3 Å². The Hall–Kier alpha value is -3.17. The smallest absolute Gasteiger partial charge is 0.475 e. The van der Waals surface area contributed by atoms with E-state index in [0.29, 0.717) is 12.1 Å². The number of carboxylic acids is 2. The number of carbonyl (C=O) groups is 2. The maximum absolute atomic E-state index is 10.6. The van der Waals surface area contributed by atoms with E-state index < -0.39 is 24.3 Å². The lowest BCUT2D eigenvalue weighted by atomic mass is 10.00. The van der Waals surface area contributed by atoms with Crippen LogP contribution >= 0.6 is 0 Å². The number of rotatable bonds is 5. The van der Waals surface area contributed by atoms with Gasteiger partial charge in [0.25, 0.3) is 0 Å². The second-order valence-electron chi connectivity index (χ2n) is 8.50. The summed E-state index contributed by atoms with van der Waals surface area (Å²) in [5, 5.41) is 14.2. The molecule has 2 aliphatic heterocycles. The number of carboxylic acid groups (broad SMARTS) is 2. The summed E-state index contributed by atoms with van der Waals surface area (Å²) in [7, 11) is 2.20. The van der Waals surface area contributed by atoms with Crippen LogP contribution in [0.2, 0.25) is 0 Å². The van der Waals surface area contributed by atoms with Crippen molar-refractivity contribution in [3.63, 3.8) is 0 Å². The van der Waals surface area contributed by atoms with Gasteiger partial charge in [0.05, 0.1) is 25.0 Å². The van der Waals surface area contributed by atoms with Crippen molar-refractivity contribution in [2.45, 2.75) is 56.5 Å². The standard InChI is InChI=1S/C19H25N3O2.2C2HF3O2/c1-21(12-15-5-2-8-20-11-15)18-14-22(13-16-6-3-9-23-16)17-7-4-10-24-19(17)18;2*3-2(4,5)1(6)7/h2-3,5-6,8-9,11,17-19H,4,7,10,12-14H2,1H3;2*(H,6,7)/t17-,18-,19+;;/m1../s1. The molecule has 2 aromatic heterocycles. The fourth-order valence-corrected chi connectivity index (χ4v) is 4.10. The minimum absolute atomic E-state index is 0.287. The lowest BCUT2D eigenvalue weighted by Gasteiger charge is -2.34. The van der Waals surface area contributed by atoms with Crippen molar-refractivity contribution in [2.75, 3.05) is 20.2 Å². The SMILES string of the molecule is CN(Cc1cccnc1)[C@@H]1CN(Cc2ccco2)[C@@H]2CCCO[C@H]12.O=C(O)C(F)(F)F.O=C(O)C(F)(F)F. The van der Waals surface area contributed by atoms with Crippen LogP contribution in [0, 0.1) is 0 Å². The molecule has 212 valence electrons. The topological polar surface area (TPSA) is 116 Å². The number of pyridine rings is 1. The number of alkyl halides is 6. The van der Waals surface area contributed by atoms with Gasteiger partial charge in [-0.2, -0.15) is 26.3 Å². The zero-order chi connectivity index (χ0) is 28.5. The highest BCUT2D eigenvalue weighted by molar-refractivity contribution is 5.73. The van der Waals surface area contributed by atoms with E-state index >= 15 is 0 Å². The van der Waals surface area contributed by atoms with Gasteiger partial charge in [0, 0.05) is 38.1 Å². The number of hydrogen-bond donors (Lipinski definition) is 2. The van der Waals surface area contributed by atoms with Gasteiger partial charge >= 0.3 is 24.3 Å². The lowest BCUT2D eigenvalue weighted by molar-refractivity contribution is -0.193. The average Bonchev–Trinajstić information content (AvgIpc) is 3.48. The van der Waals surface area contributed by atoms with Gasteiger partial charge in [0.2, 0.25) is 0 Å². The van der Waals surface area contributed by atoms with Gasteiger partial charge in [-0.1, -0.05) is 6.07 Å². The van der Waals surface area contributed by atoms with Crippen molar-refractivity contribution < 1.29 is 55.3 Å². The first-order valence-corrected chi connectivity index (χ1v) is 11.3. The summed E-state index contributed by atoms with van der Waals surface area (Å²) in [4.78, 5) is 27.0. The van der Waals surface area contributed by atoms with Gasteiger partial charge < -0.3 is 19.4 Å². The fraction of sp³-hybridized carbons (Fsp3) is 0.522. The van der Waals surface area contributed by atoms with Crippen molar-refractivity contribution in [2.24, 2.45) is 0 Å². The molecule has 0 saturated carbocycles. The molecule has 2 aliphatic rings. The molecule has 9 nitrogen and oxygen atoms in total. The molecule has 4 heterocycles. The molecule has 0 aromatic carbocycles. The number of likely N-dealkylation sites (tertiary alicyclic amines) is 1. The second-order valence-corrected chi connectivity index (χ2v) is 8.50. The van der Waals surface area contributed by atoms with Crippen molar-refractivity contribution in [3.05, 3.63) is 54.2 Å². The molecular weight excluding hydrogens is 528 g/mol. The molecule has 2 saturated heterocycles. The van der Waals surface area contributed by atoms with Crippen LogP contribution in [0.1, 0.15) is 24.2 Å². The van der Waals surface area contributed by atoms with Gasteiger partial charge in [-0.3, -0.25) is 14.8 Å². The Labute approximate surface area is 213 Å². The van der Waals surface area contributed by atoms with Gasteiger partial charge in [0.15, 0.2) is 0 Å². The Kier molecular flexibility index (Phi) is 11.1. The maximum atomic E-state index is 10.6. The predicted molar refractivity (Wildman–Crippen MR) is 119 cm³/mol. The molecule has 15 heteroatoms. The van der Waals surface area contributed by atoms with Crippen LogP contribution in [-0.2, 0) is 27.4 Å². The molecule has 0 unspecified atom stereocenters. The molecule has 2 fully saturated rings. The summed E-state index contributed by atoms with van der Waals surface area (Å²) < 4.78 is 75.2. The van der Waals surface area contributed by atoms with Crippen molar-refractivity contribution in [3.8, 4) is 0 Å².